The highest BCUT2D eigenvalue weighted by Crippen LogP contribution is 2.50. The van der Waals surface area contributed by atoms with Crippen LogP contribution in [-0.2, 0) is 10.2 Å². The van der Waals surface area contributed by atoms with E-state index in [0.717, 1.165) is 0 Å². The van der Waals surface area contributed by atoms with Gasteiger partial charge in [-0.25, -0.2) is 4.39 Å². The van der Waals surface area contributed by atoms with Gasteiger partial charge in [-0.05, 0) is 50.3 Å². The van der Waals surface area contributed by atoms with Crippen molar-refractivity contribution in [1.29, 1.82) is 0 Å². The van der Waals surface area contributed by atoms with Crippen LogP contribution in [0.25, 0.3) is 0 Å². The van der Waals surface area contributed by atoms with E-state index in [1.165, 1.54) is 6.07 Å². The molecule has 3 unspecified atom stereocenters. The molecule has 1 N–H and O–H groups in total. The van der Waals surface area contributed by atoms with Crippen LogP contribution in [0.1, 0.15) is 54.3 Å². The molecule has 2 amide bonds. The van der Waals surface area contributed by atoms with Crippen molar-refractivity contribution in [1.82, 2.24) is 20.4 Å². The number of benzene rings is 1. The lowest BCUT2D eigenvalue weighted by atomic mass is 9.80. The van der Waals surface area contributed by atoms with Gasteiger partial charge in [0.1, 0.15) is 5.82 Å². The number of hydrogen-bond donors (Lipinski definition) is 1. The van der Waals surface area contributed by atoms with Crippen LogP contribution in [0.3, 0.4) is 0 Å². The number of aromatic nitrogens is 2. The molecule has 2 aliphatic rings. The van der Waals surface area contributed by atoms with Gasteiger partial charge in [-0.3, -0.25) is 9.59 Å². The minimum atomic E-state index is -0.470. The van der Waals surface area contributed by atoms with Crippen LogP contribution in [0, 0.1) is 31.5 Å². The number of nitrogens with one attached hydrogen (secondary N) is 1. The van der Waals surface area contributed by atoms with Crippen molar-refractivity contribution in [3.63, 3.8) is 0 Å². The van der Waals surface area contributed by atoms with E-state index in [4.69, 9.17) is 4.52 Å². The quantitative estimate of drug-likeness (QED) is 0.831. The highest BCUT2D eigenvalue weighted by Gasteiger charge is 2.58. The van der Waals surface area contributed by atoms with E-state index in [9.17, 15) is 14.0 Å². The molecule has 4 rings (SSSR count). The van der Waals surface area contributed by atoms with Crippen molar-refractivity contribution >= 4 is 11.8 Å². The molecular weight excluding hydrogens is 387 g/mol. The third-order valence-corrected chi connectivity index (χ3v) is 6.40. The second kappa shape index (κ2) is 7.49. The van der Waals surface area contributed by atoms with Crippen molar-refractivity contribution in [2.75, 3.05) is 13.1 Å². The van der Waals surface area contributed by atoms with Gasteiger partial charge in [0.2, 0.25) is 11.8 Å². The molecule has 0 bridgehead atoms. The maximum atomic E-state index is 13.9. The molecule has 3 atom stereocenters. The maximum absolute atomic E-state index is 13.9. The number of amides is 2. The molecule has 8 heteroatoms. The molecule has 2 fully saturated rings. The van der Waals surface area contributed by atoms with Gasteiger partial charge >= 0.3 is 0 Å². The molecule has 1 aromatic carbocycles. The van der Waals surface area contributed by atoms with E-state index in [1.807, 2.05) is 18.7 Å². The average Bonchev–Trinajstić information content (AvgIpc) is 3.35. The summed E-state index contributed by atoms with van der Waals surface area (Å²) in [7, 11) is 0. The van der Waals surface area contributed by atoms with E-state index in [0.29, 0.717) is 48.8 Å². The third kappa shape index (κ3) is 3.48. The summed E-state index contributed by atoms with van der Waals surface area (Å²) in [4.78, 5) is 31.7. The summed E-state index contributed by atoms with van der Waals surface area (Å²) in [5.41, 5.74) is 0.333. The SMILES string of the molecule is Cc1noc(C23CC(NC(=O)c4ccc(C)c(F)c4)CC2CN(C(=O)C(C)C)C3)n1. The van der Waals surface area contributed by atoms with E-state index >= 15 is 0 Å². The third-order valence-electron chi connectivity index (χ3n) is 6.40. The fourth-order valence-electron chi connectivity index (χ4n) is 4.85. The lowest BCUT2D eigenvalue weighted by molar-refractivity contribution is -0.133. The standard InChI is InChI=1S/C22H27FN4O3/c1-12(2)20(29)27-10-16-8-17(9-22(16,11-27)21-24-14(4)26-30-21)25-19(28)15-6-5-13(3)18(23)7-15/h5-7,12,16-17H,8-11H2,1-4H3,(H,25,28). The Hall–Kier alpha value is -2.77. The Balaban J connectivity index is 1.55. The Labute approximate surface area is 175 Å². The molecule has 2 aromatic rings. The number of carbonyl (C=O) groups excluding carboxylic acids is 2. The van der Waals surface area contributed by atoms with Crippen molar-refractivity contribution < 1.29 is 18.5 Å². The summed E-state index contributed by atoms with van der Waals surface area (Å²) in [5.74, 6) is 0.516. The van der Waals surface area contributed by atoms with Crippen LogP contribution in [0.15, 0.2) is 22.7 Å². The van der Waals surface area contributed by atoms with Crippen LogP contribution in [0.5, 0.6) is 0 Å². The van der Waals surface area contributed by atoms with Crippen molar-refractivity contribution in [3.8, 4) is 0 Å². The minimum Gasteiger partial charge on any atom is -0.349 e. The summed E-state index contributed by atoms with van der Waals surface area (Å²) in [6, 6.07) is 4.38. The summed E-state index contributed by atoms with van der Waals surface area (Å²) < 4.78 is 19.4. The highest BCUT2D eigenvalue weighted by atomic mass is 19.1. The summed E-state index contributed by atoms with van der Waals surface area (Å²) in [5, 5.41) is 6.99. The molecule has 1 aliphatic carbocycles. The number of aryl methyl sites for hydroxylation is 2. The second-order valence-corrected chi connectivity index (χ2v) is 8.95. The summed E-state index contributed by atoms with van der Waals surface area (Å²) in [6.45, 7) is 8.32. The lowest BCUT2D eigenvalue weighted by Gasteiger charge is -2.26. The topological polar surface area (TPSA) is 88.3 Å². The van der Waals surface area contributed by atoms with E-state index < -0.39 is 11.2 Å². The molecule has 30 heavy (non-hydrogen) atoms. The molecule has 160 valence electrons. The van der Waals surface area contributed by atoms with Crippen molar-refractivity contribution in [2.24, 2.45) is 11.8 Å². The van der Waals surface area contributed by atoms with Gasteiger partial charge in [-0.2, -0.15) is 4.98 Å². The molecule has 0 spiro atoms. The van der Waals surface area contributed by atoms with Gasteiger partial charge in [-0.1, -0.05) is 25.1 Å². The molecule has 1 aliphatic heterocycles. The molecule has 7 nitrogen and oxygen atoms in total. The van der Waals surface area contributed by atoms with Gasteiger partial charge in [0.15, 0.2) is 5.82 Å². The number of nitrogens with zero attached hydrogens (tertiary/aromatic N) is 3. The fraction of sp³-hybridized carbons (Fsp3) is 0.545. The smallest absolute Gasteiger partial charge is 0.251 e. The fourth-order valence-corrected chi connectivity index (χ4v) is 4.85. The summed E-state index contributed by atoms with van der Waals surface area (Å²) >= 11 is 0. The zero-order chi connectivity index (χ0) is 21.6. The normalized spacial score (nSPS) is 25.6. The Morgan fingerprint density at radius 3 is 2.73 bits per heavy atom. The van der Waals surface area contributed by atoms with E-state index in [-0.39, 0.29) is 29.7 Å². The number of hydrogen-bond acceptors (Lipinski definition) is 5. The van der Waals surface area contributed by atoms with Crippen LogP contribution in [0.4, 0.5) is 4.39 Å². The molecule has 1 saturated heterocycles. The predicted molar refractivity (Wildman–Crippen MR) is 107 cm³/mol. The van der Waals surface area contributed by atoms with Crippen LogP contribution < -0.4 is 5.32 Å². The largest absolute Gasteiger partial charge is 0.349 e. The zero-order valence-electron chi connectivity index (χ0n) is 17.7. The molecule has 1 aromatic heterocycles. The monoisotopic (exact) mass is 414 g/mol. The predicted octanol–water partition coefficient (Wildman–Crippen LogP) is 2.77. The first kappa shape index (κ1) is 20.5. The van der Waals surface area contributed by atoms with Crippen LogP contribution in [0.2, 0.25) is 0 Å². The average molecular weight is 414 g/mol. The number of likely N-dealkylation sites (tertiary alicyclic amines) is 1. The highest BCUT2D eigenvalue weighted by molar-refractivity contribution is 5.94. The van der Waals surface area contributed by atoms with Crippen LogP contribution in [-0.4, -0.2) is 46.0 Å². The first-order valence-corrected chi connectivity index (χ1v) is 10.4. The Morgan fingerprint density at radius 2 is 2.10 bits per heavy atom. The van der Waals surface area contributed by atoms with Crippen molar-refractivity contribution in [2.45, 2.75) is 52.0 Å². The minimum absolute atomic E-state index is 0.0859. The van der Waals surface area contributed by atoms with Crippen LogP contribution >= 0.6 is 0 Å². The summed E-state index contributed by atoms with van der Waals surface area (Å²) in [6.07, 6.45) is 1.30. The number of carbonyl (C=O) groups is 2. The first-order chi connectivity index (χ1) is 14.2. The van der Waals surface area contributed by atoms with Gasteiger partial charge in [0, 0.05) is 30.6 Å². The second-order valence-electron chi connectivity index (χ2n) is 8.95. The Bertz CT molecular complexity index is 989. The number of fused-ring (bicyclic) bond motifs is 1. The molecule has 1 saturated carbocycles. The molecule has 2 heterocycles. The molecule has 0 radical (unpaired) electrons. The van der Waals surface area contributed by atoms with Gasteiger partial charge in [0.25, 0.3) is 5.91 Å². The van der Waals surface area contributed by atoms with Gasteiger partial charge in [0.05, 0.1) is 5.41 Å². The van der Waals surface area contributed by atoms with Gasteiger partial charge < -0.3 is 14.7 Å². The molecular formula is C22H27FN4O3. The van der Waals surface area contributed by atoms with Gasteiger partial charge in [-0.15, -0.1) is 0 Å². The van der Waals surface area contributed by atoms with E-state index in [2.05, 4.69) is 15.5 Å². The lowest BCUT2D eigenvalue weighted by Crippen LogP contribution is -2.40. The Morgan fingerprint density at radius 1 is 1.33 bits per heavy atom. The zero-order valence-corrected chi connectivity index (χ0v) is 17.7. The van der Waals surface area contributed by atoms with Crippen molar-refractivity contribution in [3.05, 3.63) is 46.9 Å². The van der Waals surface area contributed by atoms with E-state index in [1.54, 1.807) is 26.0 Å². The maximum Gasteiger partial charge on any atom is 0.251 e. The number of rotatable bonds is 4. The Kier molecular flexibility index (Phi) is 5.11. The first-order valence-electron chi connectivity index (χ1n) is 10.4. The number of halogens is 1.